The van der Waals surface area contributed by atoms with Crippen LogP contribution in [-0.4, -0.2) is 21.7 Å². The second-order valence-corrected chi connectivity index (χ2v) is 4.60. The number of nitrogens with two attached hydrogens (primary N) is 1. The Morgan fingerprint density at radius 1 is 1.56 bits per heavy atom. The van der Waals surface area contributed by atoms with E-state index in [1.807, 2.05) is 0 Å². The van der Waals surface area contributed by atoms with Crippen molar-refractivity contribution in [2.45, 2.75) is 19.9 Å². The average molecular weight is 269 g/mol. The minimum atomic E-state index is -0.271. The van der Waals surface area contributed by atoms with E-state index in [4.69, 9.17) is 17.4 Å². The maximum absolute atomic E-state index is 11.8. The van der Waals surface area contributed by atoms with Crippen LogP contribution < -0.4 is 11.3 Å². The number of pyridine rings is 1. The molecule has 0 bridgehead atoms. The number of nitrogens with one attached hydrogen (secondary N) is 1. The van der Waals surface area contributed by atoms with E-state index in [2.05, 4.69) is 10.4 Å². The average Bonchev–Trinajstić information content (AvgIpc) is 2.58. The second kappa shape index (κ2) is 4.91. The van der Waals surface area contributed by atoms with Gasteiger partial charge in [-0.2, -0.15) is 0 Å². The highest BCUT2D eigenvalue weighted by atomic mass is 35.5. The van der Waals surface area contributed by atoms with E-state index in [1.165, 1.54) is 4.90 Å². The third kappa shape index (κ3) is 2.30. The van der Waals surface area contributed by atoms with Crippen molar-refractivity contribution in [2.75, 3.05) is 5.43 Å². The highest BCUT2D eigenvalue weighted by molar-refractivity contribution is 6.31. The summed E-state index contributed by atoms with van der Waals surface area (Å²) >= 11 is 5.98. The van der Waals surface area contributed by atoms with E-state index in [0.717, 1.165) is 0 Å². The highest BCUT2D eigenvalue weighted by Gasteiger charge is 2.35. The number of aromatic nitrogens is 1. The summed E-state index contributed by atoms with van der Waals surface area (Å²) in [7, 11) is 0. The van der Waals surface area contributed by atoms with Gasteiger partial charge in [0.25, 0.3) is 0 Å². The van der Waals surface area contributed by atoms with Gasteiger partial charge in [0.15, 0.2) is 0 Å². The van der Waals surface area contributed by atoms with Crippen molar-refractivity contribution >= 4 is 29.2 Å². The molecule has 1 aromatic rings. The predicted octanol–water partition coefficient (Wildman–Crippen LogP) is 0.916. The van der Waals surface area contributed by atoms with Crippen LogP contribution in [0.25, 0.3) is 0 Å². The predicted molar refractivity (Wildman–Crippen MR) is 66.4 cm³/mol. The van der Waals surface area contributed by atoms with Gasteiger partial charge in [-0.25, -0.2) is 10.8 Å². The Bertz CT molecular complexity index is 506. The molecule has 0 saturated carbocycles. The summed E-state index contributed by atoms with van der Waals surface area (Å²) in [6, 6.07) is 3.23. The van der Waals surface area contributed by atoms with Crippen molar-refractivity contribution in [1.82, 2.24) is 9.88 Å². The molecule has 3 N–H and O–H groups in total. The molecule has 1 aliphatic rings. The van der Waals surface area contributed by atoms with E-state index in [0.29, 0.717) is 16.5 Å². The molecule has 1 aromatic heterocycles. The summed E-state index contributed by atoms with van der Waals surface area (Å²) < 4.78 is 0. The molecule has 2 rings (SSSR count). The van der Waals surface area contributed by atoms with Crippen molar-refractivity contribution in [1.29, 1.82) is 0 Å². The fourth-order valence-electron chi connectivity index (χ4n) is 1.84. The van der Waals surface area contributed by atoms with Crippen molar-refractivity contribution in [3.8, 4) is 0 Å². The first-order valence-electron chi connectivity index (χ1n) is 5.49. The van der Waals surface area contributed by atoms with E-state index < -0.39 is 0 Å². The number of carbonyl (C=O) groups excluding carboxylic acids is 2. The first-order valence-corrected chi connectivity index (χ1v) is 5.87. The number of anilines is 1. The number of imide groups is 1. The molecule has 0 radical (unpaired) electrons. The first kappa shape index (κ1) is 12.8. The third-order valence-corrected chi connectivity index (χ3v) is 3.19. The van der Waals surface area contributed by atoms with E-state index in [9.17, 15) is 9.59 Å². The molecule has 0 aromatic carbocycles. The van der Waals surface area contributed by atoms with Crippen LogP contribution in [0.1, 0.15) is 19.0 Å². The molecule has 0 spiro atoms. The molecule has 1 aliphatic heterocycles. The van der Waals surface area contributed by atoms with Gasteiger partial charge < -0.3 is 5.43 Å². The summed E-state index contributed by atoms with van der Waals surface area (Å²) in [6.07, 6.45) is 0.241. The van der Waals surface area contributed by atoms with Crippen LogP contribution in [-0.2, 0) is 16.1 Å². The van der Waals surface area contributed by atoms with E-state index >= 15 is 0 Å². The number of hydrogen-bond acceptors (Lipinski definition) is 5. The van der Waals surface area contributed by atoms with Crippen LogP contribution in [0.15, 0.2) is 12.1 Å². The number of hydrogen-bond donors (Lipinski definition) is 2. The number of nitrogen functional groups attached to an aromatic ring is 1. The molecule has 1 saturated heterocycles. The molecule has 2 amide bonds. The number of hydrazine groups is 1. The van der Waals surface area contributed by atoms with Gasteiger partial charge in [-0.05, 0) is 12.1 Å². The maximum Gasteiger partial charge on any atom is 0.232 e. The zero-order chi connectivity index (χ0) is 13.3. The standard InChI is InChI=1S/C11H13ClN4O2/c1-6-4-10(17)16(11(6)18)5-8-7(12)2-3-9(14-8)15-13/h2-3,6H,4-5,13H2,1H3,(H,14,15). The van der Waals surface area contributed by atoms with Crippen LogP contribution >= 0.6 is 11.6 Å². The smallest absolute Gasteiger partial charge is 0.232 e. The molecule has 7 heteroatoms. The minimum absolute atomic E-state index is 0.0797. The summed E-state index contributed by atoms with van der Waals surface area (Å²) in [5, 5.41) is 0.397. The van der Waals surface area contributed by atoms with Gasteiger partial charge in [-0.3, -0.25) is 14.5 Å². The molecule has 2 heterocycles. The second-order valence-electron chi connectivity index (χ2n) is 4.19. The number of amides is 2. The molecule has 0 aliphatic carbocycles. The van der Waals surface area contributed by atoms with Crippen LogP contribution in [0.4, 0.5) is 5.82 Å². The minimum Gasteiger partial charge on any atom is -0.308 e. The Morgan fingerprint density at radius 3 is 2.83 bits per heavy atom. The van der Waals surface area contributed by atoms with Gasteiger partial charge in [0.1, 0.15) is 5.82 Å². The topological polar surface area (TPSA) is 88.3 Å². The monoisotopic (exact) mass is 268 g/mol. The number of likely N-dealkylation sites (tertiary alicyclic amines) is 1. The van der Waals surface area contributed by atoms with Crippen LogP contribution in [0, 0.1) is 5.92 Å². The van der Waals surface area contributed by atoms with Gasteiger partial charge in [-0.1, -0.05) is 18.5 Å². The van der Waals surface area contributed by atoms with Crippen LogP contribution in [0.5, 0.6) is 0 Å². The summed E-state index contributed by atoms with van der Waals surface area (Å²) in [4.78, 5) is 28.8. The molecule has 6 nitrogen and oxygen atoms in total. The number of rotatable bonds is 3. The van der Waals surface area contributed by atoms with Crippen molar-refractivity contribution in [3.05, 3.63) is 22.8 Å². The SMILES string of the molecule is CC1CC(=O)N(Cc2nc(NN)ccc2Cl)C1=O. The summed E-state index contributed by atoms with van der Waals surface area (Å²) in [5.74, 6) is 5.02. The number of nitrogens with zero attached hydrogens (tertiary/aromatic N) is 2. The first-order chi connectivity index (χ1) is 8.52. The lowest BCUT2D eigenvalue weighted by Gasteiger charge is -2.15. The number of halogens is 1. The highest BCUT2D eigenvalue weighted by Crippen LogP contribution is 2.24. The Labute approximate surface area is 109 Å². The van der Waals surface area contributed by atoms with Gasteiger partial charge in [0.2, 0.25) is 11.8 Å². The van der Waals surface area contributed by atoms with E-state index in [1.54, 1.807) is 19.1 Å². The normalized spacial score (nSPS) is 19.5. The van der Waals surface area contributed by atoms with Crippen molar-refractivity contribution in [2.24, 2.45) is 11.8 Å². The van der Waals surface area contributed by atoms with Gasteiger partial charge >= 0.3 is 0 Å². The Morgan fingerprint density at radius 2 is 2.28 bits per heavy atom. The van der Waals surface area contributed by atoms with Crippen LogP contribution in [0.2, 0.25) is 5.02 Å². The van der Waals surface area contributed by atoms with Crippen molar-refractivity contribution in [3.63, 3.8) is 0 Å². The largest absolute Gasteiger partial charge is 0.308 e. The zero-order valence-electron chi connectivity index (χ0n) is 9.81. The van der Waals surface area contributed by atoms with Gasteiger partial charge in [0, 0.05) is 12.3 Å². The lowest BCUT2D eigenvalue weighted by Crippen LogP contribution is -2.30. The summed E-state index contributed by atoms with van der Waals surface area (Å²) in [6.45, 7) is 1.81. The summed E-state index contributed by atoms with van der Waals surface area (Å²) in [5.41, 5.74) is 2.84. The lowest BCUT2D eigenvalue weighted by molar-refractivity contribution is -0.139. The molecule has 18 heavy (non-hydrogen) atoms. The maximum atomic E-state index is 11.8. The van der Waals surface area contributed by atoms with Gasteiger partial charge in [0.05, 0.1) is 17.3 Å². The fourth-order valence-corrected chi connectivity index (χ4v) is 2.00. The number of carbonyl (C=O) groups is 2. The zero-order valence-corrected chi connectivity index (χ0v) is 10.6. The molecule has 1 fully saturated rings. The van der Waals surface area contributed by atoms with E-state index in [-0.39, 0.29) is 30.7 Å². The quantitative estimate of drug-likeness (QED) is 0.483. The molecule has 1 unspecified atom stereocenters. The molecular formula is C11H13ClN4O2. The van der Waals surface area contributed by atoms with Gasteiger partial charge in [-0.15, -0.1) is 0 Å². The fraction of sp³-hybridized carbons (Fsp3) is 0.364. The Kier molecular flexibility index (Phi) is 3.49. The van der Waals surface area contributed by atoms with Crippen LogP contribution in [0.3, 0.4) is 0 Å². The molecule has 96 valence electrons. The Hall–Kier alpha value is -1.66. The van der Waals surface area contributed by atoms with Crippen molar-refractivity contribution < 1.29 is 9.59 Å². The lowest BCUT2D eigenvalue weighted by atomic mass is 10.1. The molecule has 1 atom stereocenters. The third-order valence-electron chi connectivity index (χ3n) is 2.84. The molecular weight excluding hydrogens is 256 g/mol. The Balaban J connectivity index is 2.24.